The van der Waals surface area contributed by atoms with E-state index in [0.29, 0.717) is 12.2 Å². The van der Waals surface area contributed by atoms with Gasteiger partial charge in [-0.3, -0.25) is 9.48 Å². The number of aryl methyl sites for hydroxylation is 2. The van der Waals surface area contributed by atoms with Crippen LogP contribution in [0.4, 0.5) is 0 Å². The van der Waals surface area contributed by atoms with Gasteiger partial charge in [0.15, 0.2) is 0 Å². The summed E-state index contributed by atoms with van der Waals surface area (Å²) in [5, 5.41) is 9.96. The van der Waals surface area contributed by atoms with Crippen LogP contribution in [0.3, 0.4) is 0 Å². The molecule has 0 fully saturated rings. The fourth-order valence-corrected chi connectivity index (χ4v) is 1.11. The number of nitrogens with one attached hydrogen (secondary N) is 2. The Morgan fingerprint density at radius 2 is 2.33 bits per heavy atom. The Balaban J connectivity index is 2.54. The van der Waals surface area contributed by atoms with Crippen LogP contribution in [-0.4, -0.2) is 35.3 Å². The Kier molecular flexibility index (Phi) is 3.85. The predicted molar refractivity (Wildman–Crippen MR) is 58.8 cm³/mol. The van der Waals surface area contributed by atoms with Crippen molar-refractivity contribution in [2.24, 2.45) is 7.05 Å². The van der Waals surface area contributed by atoms with Gasteiger partial charge in [0, 0.05) is 25.3 Å². The molecule has 0 bridgehead atoms. The lowest BCUT2D eigenvalue weighted by Crippen LogP contribution is -2.37. The number of likely N-dealkylation sites (N-methyl/N-ethyl adjacent to an activating group) is 1. The summed E-state index contributed by atoms with van der Waals surface area (Å²) in [7, 11) is 3.68. The Bertz CT molecular complexity index is 326. The lowest BCUT2D eigenvalue weighted by Gasteiger charge is -2.09. The van der Waals surface area contributed by atoms with Gasteiger partial charge in [0.2, 0.25) is 0 Å². The van der Waals surface area contributed by atoms with Crippen LogP contribution in [0.15, 0.2) is 6.07 Å². The van der Waals surface area contributed by atoms with Crippen LogP contribution in [0.2, 0.25) is 0 Å². The minimum atomic E-state index is -0.124. The summed E-state index contributed by atoms with van der Waals surface area (Å²) in [6.45, 7) is 4.52. The molecule has 1 heterocycles. The zero-order valence-electron chi connectivity index (χ0n) is 9.66. The molecule has 15 heavy (non-hydrogen) atoms. The number of hydrogen-bond donors (Lipinski definition) is 2. The second-order valence-electron chi connectivity index (χ2n) is 3.69. The molecule has 1 atom stereocenters. The predicted octanol–water partition coefficient (Wildman–Crippen LogP) is 0.0662. The maximum atomic E-state index is 11.6. The first kappa shape index (κ1) is 11.7. The number of amides is 1. The van der Waals surface area contributed by atoms with Gasteiger partial charge in [-0.1, -0.05) is 0 Å². The van der Waals surface area contributed by atoms with Crippen molar-refractivity contribution in [3.63, 3.8) is 0 Å². The molecule has 1 rings (SSSR count). The molecule has 1 unspecified atom stereocenters. The third-order valence-electron chi connectivity index (χ3n) is 2.41. The van der Waals surface area contributed by atoms with Crippen LogP contribution in [-0.2, 0) is 7.05 Å². The first-order valence-electron chi connectivity index (χ1n) is 5.00. The van der Waals surface area contributed by atoms with Gasteiger partial charge in [-0.25, -0.2) is 0 Å². The molecule has 84 valence electrons. The van der Waals surface area contributed by atoms with Crippen LogP contribution >= 0.6 is 0 Å². The van der Waals surface area contributed by atoms with Gasteiger partial charge in [0.05, 0.1) is 0 Å². The molecule has 1 aromatic rings. The molecule has 1 aromatic heterocycles. The minimum absolute atomic E-state index is 0.124. The second-order valence-corrected chi connectivity index (χ2v) is 3.69. The van der Waals surface area contributed by atoms with E-state index in [9.17, 15) is 4.79 Å². The Morgan fingerprint density at radius 3 is 2.80 bits per heavy atom. The van der Waals surface area contributed by atoms with E-state index in [-0.39, 0.29) is 11.9 Å². The third-order valence-corrected chi connectivity index (χ3v) is 2.41. The number of aromatic nitrogens is 2. The Labute approximate surface area is 89.9 Å². The van der Waals surface area contributed by atoms with Crippen molar-refractivity contribution in [1.82, 2.24) is 20.4 Å². The molecule has 0 aliphatic carbocycles. The van der Waals surface area contributed by atoms with E-state index in [1.165, 1.54) is 0 Å². The molecule has 0 saturated heterocycles. The molecule has 0 radical (unpaired) electrons. The van der Waals surface area contributed by atoms with E-state index in [1.807, 2.05) is 27.9 Å². The molecule has 0 aliphatic heterocycles. The van der Waals surface area contributed by atoms with Gasteiger partial charge in [-0.2, -0.15) is 5.10 Å². The summed E-state index contributed by atoms with van der Waals surface area (Å²) in [6.07, 6.45) is 0. The van der Waals surface area contributed by atoms with Crippen molar-refractivity contribution in [3.05, 3.63) is 17.5 Å². The van der Waals surface area contributed by atoms with Gasteiger partial charge in [0.1, 0.15) is 5.69 Å². The van der Waals surface area contributed by atoms with Crippen LogP contribution in [0.1, 0.15) is 23.1 Å². The van der Waals surface area contributed by atoms with Crippen molar-refractivity contribution >= 4 is 5.91 Å². The maximum absolute atomic E-state index is 11.6. The SMILES string of the molecule is CNC(C)CNC(=O)c1cc(C)n(C)n1. The monoisotopic (exact) mass is 210 g/mol. The van der Waals surface area contributed by atoms with Gasteiger partial charge >= 0.3 is 0 Å². The molecular weight excluding hydrogens is 192 g/mol. The van der Waals surface area contributed by atoms with Crippen LogP contribution in [0.5, 0.6) is 0 Å². The third kappa shape index (κ3) is 3.06. The highest BCUT2D eigenvalue weighted by Crippen LogP contribution is 2.00. The average molecular weight is 210 g/mol. The number of rotatable bonds is 4. The van der Waals surface area contributed by atoms with Crippen molar-refractivity contribution in [3.8, 4) is 0 Å². The van der Waals surface area contributed by atoms with Crippen molar-refractivity contribution in [1.29, 1.82) is 0 Å². The second kappa shape index (κ2) is 4.93. The molecule has 5 heteroatoms. The highest BCUT2D eigenvalue weighted by molar-refractivity contribution is 5.92. The number of nitrogens with zero attached hydrogens (tertiary/aromatic N) is 2. The van der Waals surface area contributed by atoms with E-state index < -0.39 is 0 Å². The highest BCUT2D eigenvalue weighted by atomic mass is 16.1. The number of hydrogen-bond acceptors (Lipinski definition) is 3. The highest BCUT2D eigenvalue weighted by Gasteiger charge is 2.10. The van der Waals surface area contributed by atoms with Gasteiger partial charge < -0.3 is 10.6 Å². The van der Waals surface area contributed by atoms with Crippen LogP contribution < -0.4 is 10.6 Å². The molecule has 0 saturated carbocycles. The summed E-state index contributed by atoms with van der Waals surface area (Å²) < 4.78 is 1.69. The smallest absolute Gasteiger partial charge is 0.271 e. The molecular formula is C10H18N4O. The summed E-state index contributed by atoms with van der Waals surface area (Å²) in [6, 6.07) is 2.04. The van der Waals surface area contributed by atoms with E-state index in [1.54, 1.807) is 10.7 Å². The topological polar surface area (TPSA) is 58.9 Å². The number of carbonyl (C=O) groups excluding carboxylic acids is 1. The Hall–Kier alpha value is -1.36. The quantitative estimate of drug-likeness (QED) is 0.739. The van der Waals surface area contributed by atoms with Crippen molar-refractivity contribution in [2.75, 3.05) is 13.6 Å². The number of carbonyl (C=O) groups is 1. The van der Waals surface area contributed by atoms with E-state index in [4.69, 9.17) is 0 Å². The van der Waals surface area contributed by atoms with Gasteiger partial charge in [-0.05, 0) is 27.0 Å². The lowest BCUT2D eigenvalue weighted by atomic mass is 10.3. The van der Waals surface area contributed by atoms with Gasteiger partial charge in [-0.15, -0.1) is 0 Å². The van der Waals surface area contributed by atoms with Gasteiger partial charge in [0.25, 0.3) is 5.91 Å². The molecule has 0 spiro atoms. The summed E-state index contributed by atoms with van der Waals surface area (Å²) in [4.78, 5) is 11.6. The van der Waals surface area contributed by atoms with E-state index >= 15 is 0 Å². The normalized spacial score (nSPS) is 12.5. The van der Waals surface area contributed by atoms with E-state index in [0.717, 1.165) is 5.69 Å². The first-order valence-corrected chi connectivity index (χ1v) is 5.00. The fourth-order valence-electron chi connectivity index (χ4n) is 1.11. The largest absolute Gasteiger partial charge is 0.349 e. The maximum Gasteiger partial charge on any atom is 0.271 e. The summed E-state index contributed by atoms with van der Waals surface area (Å²) >= 11 is 0. The van der Waals surface area contributed by atoms with Crippen molar-refractivity contribution in [2.45, 2.75) is 19.9 Å². The summed E-state index contributed by atoms with van der Waals surface area (Å²) in [5.74, 6) is -0.124. The minimum Gasteiger partial charge on any atom is -0.349 e. The molecule has 0 aromatic carbocycles. The lowest BCUT2D eigenvalue weighted by molar-refractivity contribution is 0.0945. The zero-order valence-corrected chi connectivity index (χ0v) is 9.66. The fraction of sp³-hybridized carbons (Fsp3) is 0.600. The van der Waals surface area contributed by atoms with E-state index in [2.05, 4.69) is 15.7 Å². The first-order chi connectivity index (χ1) is 7.04. The Morgan fingerprint density at radius 1 is 1.67 bits per heavy atom. The average Bonchev–Trinajstić information content (AvgIpc) is 2.55. The molecule has 5 nitrogen and oxygen atoms in total. The van der Waals surface area contributed by atoms with Crippen molar-refractivity contribution < 1.29 is 4.79 Å². The molecule has 2 N–H and O–H groups in total. The molecule has 0 aliphatic rings. The summed E-state index contributed by atoms with van der Waals surface area (Å²) in [5.41, 5.74) is 1.44. The molecule has 1 amide bonds. The van der Waals surface area contributed by atoms with Crippen LogP contribution in [0.25, 0.3) is 0 Å². The standard InChI is InChI=1S/C10H18N4O/c1-7(11-3)6-12-10(15)9-5-8(2)14(4)13-9/h5,7,11H,6H2,1-4H3,(H,12,15). The van der Waals surface area contributed by atoms with Crippen LogP contribution in [0, 0.1) is 6.92 Å². The zero-order chi connectivity index (χ0) is 11.4.